The maximum absolute atomic E-state index is 13.3. The average Bonchev–Trinajstić information content (AvgIpc) is 3.72. The number of nitro groups is 1. The molecule has 11 nitrogen and oxygen atoms in total. The lowest BCUT2D eigenvalue weighted by Gasteiger charge is -2.36. The summed E-state index contributed by atoms with van der Waals surface area (Å²) in [6.45, 7) is 4.99. The maximum Gasteiger partial charge on any atom is 0.293 e. The number of nitrogens with zero attached hydrogens (tertiary/aromatic N) is 4. The van der Waals surface area contributed by atoms with E-state index in [-0.39, 0.29) is 27.9 Å². The fraction of sp³-hybridized carbons (Fsp3) is 0.275. The Kier molecular flexibility index (Phi) is 13.0. The second-order valence-corrected chi connectivity index (χ2v) is 17.0. The molecule has 0 bridgehead atoms. The molecule has 282 valence electrons. The summed E-state index contributed by atoms with van der Waals surface area (Å²) < 4.78 is 28.7. The first-order chi connectivity index (χ1) is 26.1. The van der Waals surface area contributed by atoms with Crippen LogP contribution in [0.3, 0.4) is 0 Å². The Balaban J connectivity index is 1.06. The van der Waals surface area contributed by atoms with Crippen molar-refractivity contribution in [3.63, 3.8) is 0 Å². The number of piperazine rings is 1. The number of sulfonamides is 1. The molecule has 1 aliphatic heterocycles. The molecule has 6 rings (SSSR count). The average molecular weight is 785 g/mol. The molecule has 4 aromatic carbocycles. The molecule has 5 aromatic rings. The number of amides is 1. The highest BCUT2D eigenvalue weighted by molar-refractivity contribution is 7.99. The number of anilines is 2. The zero-order valence-electron chi connectivity index (χ0n) is 30.3. The van der Waals surface area contributed by atoms with E-state index >= 15 is 0 Å². The van der Waals surface area contributed by atoms with Gasteiger partial charge in [0.05, 0.1) is 9.82 Å². The van der Waals surface area contributed by atoms with Crippen molar-refractivity contribution in [3.05, 3.63) is 135 Å². The van der Waals surface area contributed by atoms with Crippen molar-refractivity contribution >= 4 is 56.1 Å². The van der Waals surface area contributed by atoms with Gasteiger partial charge in [0.15, 0.2) is 0 Å². The van der Waals surface area contributed by atoms with Crippen molar-refractivity contribution < 1.29 is 18.1 Å². The molecule has 1 fully saturated rings. The molecule has 2 N–H and O–H groups in total. The minimum Gasteiger partial charge on any atom is -0.376 e. The number of thiophene rings is 1. The van der Waals surface area contributed by atoms with E-state index in [1.807, 2.05) is 61.5 Å². The van der Waals surface area contributed by atoms with Crippen LogP contribution in [-0.2, 0) is 16.6 Å². The lowest BCUT2D eigenvalue weighted by Crippen LogP contribution is -2.46. The molecule has 2 heterocycles. The van der Waals surface area contributed by atoms with E-state index < -0.39 is 20.9 Å². The van der Waals surface area contributed by atoms with Gasteiger partial charge in [-0.1, -0.05) is 42.5 Å². The van der Waals surface area contributed by atoms with Crippen LogP contribution in [0, 0.1) is 10.1 Å². The molecule has 1 saturated heterocycles. The smallest absolute Gasteiger partial charge is 0.293 e. The van der Waals surface area contributed by atoms with Gasteiger partial charge in [0, 0.05) is 66.7 Å². The van der Waals surface area contributed by atoms with E-state index in [9.17, 15) is 23.3 Å². The van der Waals surface area contributed by atoms with Gasteiger partial charge >= 0.3 is 0 Å². The monoisotopic (exact) mass is 784 g/mol. The molecule has 1 aromatic heterocycles. The summed E-state index contributed by atoms with van der Waals surface area (Å²) in [7, 11) is -0.493. The van der Waals surface area contributed by atoms with E-state index in [0.717, 1.165) is 55.9 Å². The number of carbonyl (C=O) groups is 1. The van der Waals surface area contributed by atoms with Gasteiger partial charge in [-0.25, -0.2) is 13.1 Å². The predicted octanol–water partition coefficient (Wildman–Crippen LogP) is 7.29. The maximum atomic E-state index is 13.3. The van der Waals surface area contributed by atoms with E-state index in [0.29, 0.717) is 12.2 Å². The minimum absolute atomic E-state index is 0.135. The zero-order chi connectivity index (χ0) is 38.1. The Morgan fingerprint density at radius 3 is 2.35 bits per heavy atom. The summed E-state index contributed by atoms with van der Waals surface area (Å²) >= 11 is 3.33. The molecular weight excluding hydrogens is 741 g/mol. The van der Waals surface area contributed by atoms with Crippen LogP contribution in [0.2, 0.25) is 0 Å². The van der Waals surface area contributed by atoms with E-state index in [4.69, 9.17) is 0 Å². The normalized spacial score (nSPS) is 14.2. The summed E-state index contributed by atoms with van der Waals surface area (Å²) in [5.74, 6) is -0.173. The largest absolute Gasteiger partial charge is 0.376 e. The Morgan fingerprint density at radius 1 is 0.944 bits per heavy atom. The van der Waals surface area contributed by atoms with Crippen molar-refractivity contribution in [1.82, 2.24) is 14.5 Å². The second-order valence-electron chi connectivity index (χ2n) is 13.4. The Morgan fingerprint density at radius 2 is 1.67 bits per heavy atom. The van der Waals surface area contributed by atoms with Crippen LogP contribution in [0.5, 0.6) is 0 Å². The number of benzene rings is 4. The fourth-order valence-electron chi connectivity index (χ4n) is 6.32. The third-order valence-electron chi connectivity index (χ3n) is 9.29. The Bertz CT molecular complexity index is 2120. The molecule has 1 atom stereocenters. The van der Waals surface area contributed by atoms with Gasteiger partial charge in [0.1, 0.15) is 5.69 Å². The first-order valence-electron chi connectivity index (χ1n) is 17.7. The highest BCUT2D eigenvalue weighted by Crippen LogP contribution is 2.31. The second kappa shape index (κ2) is 18.1. The number of carbonyl (C=O) groups excluding carboxylic acids is 1. The van der Waals surface area contributed by atoms with Crippen LogP contribution in [-0.4, -0.2) is 87.7 Å². The lowest BCUT2D eigenvalue weighted by molar-refractivity contribution is -0.384. The Hall–Kier alpha value is -4.73. The van der Waals surface area contributed by atoms with Gasteiger partial charge in [-0.3, -0.25) is 19.8 Å². The van der Waals surface area contributed by atoms with Crippen molar-refractivity contribution in [2.45, 2.75) is 28.8 Å². The van der Waals surface area contributed by atoms with E-state index in [1.54, 1.807) is 35.2 Å². The first-order valence-corrected chi connectivity index (χ1v) is 21.1. The third-order valence-corrected chi connectivity index (χ3v) is 12.5. The van der Waals surface area contributed by atoms with Crippen LogP contribution in [0.4, 0.5) is 17.1 Å². The quantitative estimate of drug-likeness (QED) is 0.0599. The van der Waals surface area contributed by atoms with Crippen molar-refractivity contribution in [2.24, 2.45) is 0 Å². The van der Waals surface area contributed by atoms with E-state index in [2.05, 4.69) is 60.9 Å². The molecule has 0 radical (unpaired) electrons. The van der Waals surface area contributed by atoms with Gasteiger partial charge < -0.3 is 15.1 Å². The molecule has 0 aliphatic carbocycles. The van der Waals surface area contributed by atoms with Crippen LogP contribution in [0.1, 0.15) is 22.3 Å². The van der Waals surface area contributed by atoms with Crippen LogP contribution in [0.25, 0.3) is 11.1 Å². The number of nitrogens with one attached hydrogen (secondary N) is 2. The van der Waals surface area contributed by atoms with Crippen LogP contribution >= 0.6 is 23.1 Å². The standard InChI is InChI=1S/C40H44N6O5S3/c1-43(2)20-18-33(29-53-35-9-4-3-5-10-35)41-38-17-16-36(26-39(38)46(48)49)54(50,51)42-40(47)30-12-14-34(15-13-30)45-23-21-44(22-24-45)27-31-8-6-7-11-37(31)32-19-25-52-28-32/h3-17,19,25-26,28,33,41H,18,20-24,27,29H2,1-2H3,(H,42,47)/t33-/m1/s1. The van der Waals surface area contributed by atoms with Gasteiger partial charge in [0.2, 0.25) is 0 Å². The molecule has 0 unspecified atom stereocenters. The summed E-state index contributed by atoms with van der Waals surface area (Å²) in [4.78, 5) is 32.1. The number of nitro benzene ring substituents is 1. The SMILES string of the molecule is CN(C)CC[C@H](CSc1ccccc1)Nc1ccc(S(=O)(=O)NC(=O)c2ccc(N3CCN(Cc4ccccc4-c4ccsc4)CC3)cc2)cc1[N+](=O)[O-]. The molecule has 0 saturated carbocycles. The molecular formula is C40H44N6O5S3. The van der Waals surface area contributed by atoms with Crippen molar-refractivity contribution in [1.29, 1.82) is 0 Å². The Labute approximate surface area is 325 Å². The van der Waals surface area contributed by atoms with E-state index in [1.165, 1.54) is 28.8 Å². The first kappa shape index (κ1) is 39.0. The topological polar surface area (TPSA) is 128 Å². The summed E-state index contributed by atoms with van der Waals surface area (Å²) in [6.07, 6.45) is 0.709. The number of hydrogen-bond acceptors (Lipinski definition) is 11. The van der Waals surface area contributed by atoms with Gasteiger partial charge in [-0.05, 0) is 109 Å². The molecule has 1 amide bonds. The molecule has 1 aliphatic rings. The van der Waals surface area contributed by atoms with Gasteiger partial charge in [-0.15, -0.1) is 11.8 Å². The number of rotatable bonds is 16. The zero-order valence-corrected chi connectivity index (χ0v) is 32.7. The van der Waals surface area contributed by atoms with Crippen molar-refractivity contribution in [3.8, 4) is 11.1 Å². The van der Waals surface area contributed by atoms with Crippen LogP contribution in [0.15, 0.2) is 124 Å². The molecule has 0 spiro atoms. The summed E-state index contributed by atoms with van der Waals surface area (Å²) in [6, 6.07) is 30.9. The van der Waals surface area contributed by atoms with Crippen LogP contribution < -0.4 is 14.9 Å². The van der Waals surface area contributed by atoms with Crippen molar-refractivity contribution in [2.75, 3.05) is 62.8 Å². The number of thioether (sulfide) groups is 1. The third kappa shape index (κ3) is 10.3. The van der Waals surface area contributed by atoms with Gasteiger partial charge in [0.25, 0.3) is 21.6 Å². The van der Waals surface area contributed by atoms with Gasteiger partial charge in [-0.2, -0.15) is 11.3 Å². The fourth-order valence-corrected chi connectivity index (χ4v) is 8.97. The minimum atomic E-state index is -4.41. The summed E-state index contributed by atoms with van der Waals surface area (Å²) in [5.41, 5.74) is 4.74. The highest BCUT2D eigenvalue weighted by atomic mass is 32.2. The number of hydrogen-bond donors (Lipinski definition) is 2. The summed E-state index contributed by atoms with van der Waals surface area (Å²) in [5, 5.41) is 19.7. The molecule has 14 heteroatoms. The highest BCUT2D eigenvalue weighted by Gasteiger charge is 2.26. The lowest BCUT2D eigenvalue weighted by atomic mass is 10.0. The molecule has 54 heavy (non-hydrogen) atoms. The predicted molar refractivity (Wildman–Crippen MR) is 219 cm³/mol.